The molecule has 0 N–H and O–H groups in total. The van der Waals surface area contributed by atoms with Crippen LogP contribution in [0.3, 0.4) is 0 Å². The first-order chi connectivity index (χ1) is 16.4. The monoisotopic (exact) mass is 455 g/mol. The van der Waals surface area contributed by atoms with Crippen molar-refractivity contribution in [2.45, 2.75) is 25.8 Å². The van der Waals surface area contributed by atoms with Gasteiger partial charge in [-0.1, -0.05) is 42.5 Å². The average Bonchev–Trinajstić information content (AvgIpc) is 3.62. The number of hydrogen-bond donors (Lipinski definition) is 0. The summed E-state index contributed by atoms with van der Waals surface area (Å²) in [6.45, 7) is 1.47. The minimum Gasteiger partial charge on any atom is -0.425 e. The molecular weight excluding hydrogens is 430 g/mol. The molecule has 2 saturated carbocycles. The SMILES string of the molecule is CC(=O)c1ccc(OC(=O)[C@H](Cc2ccccc2)N2C(=O)[C@H]3[C@@H]4C=C[C@H]([C@H]5C[C@H]45)[C@@H]3C2=O)cc1. The van der Waals surface area contributed by atoms with Crippen molar-refractivity contribution in [3.8, 4) is 5.75 Å². The molecule has 1 saturated heterocycles. The number of carbonyl (C=O) groups excluding carboxylic acids is 4. The Balaban J connectivity index is 1.30. The smallest absolute Gasteiger partial charge is 0.335 e. The summed E-state index contributed by atoms with van der Waals surface area (Å²) in [4.78, 5) is 53.4. The Bertz CT molecular complexity index is 1180. The minimum absolute atomic E-state index is 0.0861. The maximum absolute atomic E-state index is 13.6. The molecule has 1 heterocycles. The molecule has 0 radical (unpaired) electrons. The van der Waals surface area contributed by atoms with Crippen LogP contribution in [-0.2, 0) is 20.8 Å². The number of nitrogens with zero attached hydrogens (tertiary/aromatic N) is 1. The summed E-state index contributed by atoms with van der Waals surface area (Å²) >= 11 is 0. The second kappa shape index (κ2) is 7.76. The Morgan fingerprint density at radius 1 is 0.912 bits per heavy atom. The molecule has 172 valence electrons. The third-order valence-electron chi connectivity index (χ3n) is 8.03. The molecule has 6 nitrogen and oxygen atoms in total. The summed E-state index contributed by atoms with van der Waals surface area (Å²) in [7, 11) is 0. The molecule has 7 rings (SSSR count). The normalized spacial score (nSPS) is 31.1. The van der Waals surface area contributed by atoms with Gasteiger partial charge in [0.25, 0.3) is 0 Å². The number of ether oxygens (including phenoxy) is 1. The van der Waals surface area contributed by atoms with Gasteiger partial charge in [-0.15, -0.1) is 0 Å². The molecule has 2 bridgehead atoms. The first-order valence-corrected chi connectivity index (χ1v) is 11.9. The van der Waals surface area contributed by atoms with Crippen molar-refractivity contribution in [1.29, 1.82) is 0 Å². The Hall–Kier alpha value is -3.54. The van der Waals surface area contributed by atoms with Crippen LogP contribution in [0.25, 0.3) is 0 Å². The fourth-order valence-electron chi connectivity index (χ4n) is 6.35. The number of amides is 2. The molecule has 2 aromatic carbocycles. The van der Waals surface area contributed by atoms with Crippen LogP contribution in [0, 0.1) is 35.5 Å². The van der Waals surface area contributed by atoms with Gasteiger partial charge >= 0.3 is 5.97 Å². The van der Waals surface area contributed by atoms with Gasteiger partial charge in [-0.05, 0) is 66.8 Å². The molecule has 3 fully saturated rings. The van der Waals surface area contributed by atoms with Crippen LogP contribution in [0.5, 0.6) is 5.75 Å². The third-order valence-corrected chi connectivity index (χ3v) is 8.03. The highest BCUT2D eigenvalue weighted by Gasteiger charge is 2.68. The van der Waals surface area contributed by atoms with E-state index < -0.39 is 12.0 Å². The van der Waals surface area contributed by atoms with E-state index >= 15 is 0 Å². The number of esters is 1. The molecule has 0 spiro atoms. The molecule has 5 aliphatic rings. The molecule has 2 aromatic rings. The van der Waals surface area contributed by atoms with Gasteiger partial charge in [0.15, 0.2) is 5.78 Å². The minimum atomic E-state index is -1.05. The second-order valence-corrected chi connectivity index (χ2v) is 9.91. The standard InChI is InChI=1S/C28H25NO5/c1-15(30)17-7-9-18(10-8-17)34-28(33)23(13-16-5-3-2-4-6-16)29-26(31)24-19-11-12-20(22-14-21(19)22)25(24)27(29)32/h2-12,19-25H,13-14H2,1H3/t19-,20-,21-,22-,23+,24+,25+/m1/s1. The fourth-order valence-corrected chi connectivity index (χ4v) is 6.35. The van der Waals surface area contributed by atoms with Crippen molar-refractivity contribution in [3.05, 3.63) is 77.9 Å². The van der Waals surface area contributed by atoms with E-state index in [4.69, 9.17) is 4.74 Å². The lowest BCUT2D eigenvalue weighted by molar-refractivity contribution is -0.153. The van der Waals surface area contributed by atoms with Crippen molar-refractivity contribution in [3.63, 3.8) is 0 Å². The number of rotatable bonds is 6. The number of allylic oxidation sites excluding steroid dienone is 2. The summed E-state index contributed by atoms with van der Waals surface area (Å²) in [5.74, 6) is -0.523. The number of likely N-dealkylation sites (tertiary alicyclic amines) is 1. The quantitative estimate of drug-likeness (QED) is 0.219. The van der Waals surface area contributed by atoms with Gasteiger partial charge in [0.05, 0.1) is 11.8 Å². The average molecular weight is 456 g/mol. The van der Waals surface area contributed by atoms with Crippen LogP contribution in [-0.4, -0.2) is 34.5 Å². The van der Waals surface area contributed by atoms with E-state index in [9.17, 15) is 19.2 Å². The van der Waals surface area contributed by atoms with Crippen molar-refractivity contribution in [2.75, 3.05) is 0 Å². The van der Waals surface area contributed by atoms with Crippen LogP contribution in [0.1, 0.15) is 29.3 Å². The summed E-state index contributed by atoms with van der Waals surface area (Å²) < 4.78 is 5.63. The van der Waals surface area contributed by atoms with E-state index in [0.717, 1.165) is 12.0 Å². The molecule has 34 heavy (non-hydrogen) atoms. The van der Waals surface area contributed by atoms with E-state index in [0.29, 0.717) is 17.4 Å². The van der Waals surface area contributed by atoms with E-state index in [1.165, 1.54) is 11.8 Å². The van der Waals surface area contributed by atoms with Crippen molar-refractivity contribution in [2.24, 2.45) is 35.5 Å². The highest BCUT2D eigenvalue weighted by molar-refractivity contribution is 6.09. The number of benzene rings is 2. The largest absolute Gasteiger partial charge is 0.425 e. The van der Waals surface area contributed by atoms with Crippen LogP contribution < -0.4 is 4.74 Å². The Labute approximate surface area is 197 Å². The van der Waals surface area contributed by atoms with E-state index in [1.807, 2.05) is 30.3 Å². The van der Waals surface area contributed by atoms with Crippen molar-refractivity contribution in [1.82, 2.24) is 4.90 Å². The second-order valence-electron chi connectivity index (χ2n) is 9.91. The maximum Gasteiger partial charge on any atom is 0.335 e. The molecule has 0 aromatic heterocycles. The third kappa shape index (κ3) is 3.23. The zero-order valence-electron chi connectivity index (χ0n) is 18.8. The van der Waals surface area contributed by atoms with Crippen molar-refractivity contribution < 1.29 is 23.9 Å². The van der Waals surface area contributed by atoms with Crippen molar-refractivity contribution >= 4 is 23.6 Å². The van der Waals surface area contributed by atoms with E-state index in [-0.39, 0.29) is 53.4 Å². The predicted octanol–water partition coefficient (Wildman–Crippen LogP) is 3.46. The molecule has 2 amide bonds. The molecular formula is C28H25NO5. The summed E-state index contributed by atoms with van der Waals surface area (Å²) in [5.41, 5.74) is 1.35. The zero-order valence-corrected chi connectivity index (χ0v) is 18.8. The van der Waals surface area contributed by atoms with Crippen LogP contribution in [0.2, 0.25) is 0 Å². The van der Waals surface area contributed by atoms with Gasteiger partial charge in [-0.3, -0.25) is 19.3 Å². The Morgan fingerprint density at radius 2 is 1.50 bits per heavy atom. The lowest BCUT2D eigenvalue weighted by atomic mass is 9.63. The Kier molecular flexibility index (Phi) is 4.80. The lowest BCUT2D eigenvalue weighted by Crippen LogP contribution is -2.48. The Morgan fingerprint density at radius 3 is 2.06 bits per heavy atom. The molecule has 6 heteroatoms. The van der Waals surface area contributed by atoms with Gasteiger partial charge in [0.1, 0.15) is 11.8 Å². The van der Waals surface area contributed by atoms with Crippen LogP contribution in [0.15, 0.2) is 66.7 Å². The number of carbonyl (C=O) groups is 4. The summed E-state index contributed by atoms with van der Waals surface area (Å²) in [5, 5.41) is 0. The highest BCUT2D eigenvalue weighted by Crippen LogP contribution is 2.65. The van der Waals surface area contributed by atoms with E-state index in [1.54, 1.807) is 24.3 Å². The topological polar surface area (TPSA) is 80.8 Å². The van der Waals surface area contributed by atoms with Gasteiger partial charge in [0, 0.05) is 12.0 Å². The first-order valence-electron chi connectivity index (χ1n) is 11.9. The highest BCUT2D eigenvalue weighted by atomic mass is 16.5. The van der Waals surface area contributed by atoms with Crippen LogP contribution >= 0.6 is 0 Å². The molecule has 1 aliphatic heterocycles. The number of imide groups is 1. The fraction of sp³-hybridized carbons (Fsp3) is 0.357. The van der Waals surface area contributed by atoms with E-state index in [2.05, 4.69) is 12.2 Å². The summed E-state index contributed by atoms with van der Waals surface area (Å²) in [6.07, 6.45) is 5.52. The summed E-state index contributed by atoms with van der Waals surface area (Å²) in [6, 6.07) is 14.6. The van der Waals surface area contributed by atoms with Gasteiger partial charge in [-0.25, -0.2) is 4.79 Å². The number of hydrogen-bond acceptors (Lipinski definition) is 5. The van der Waals surface area contributed by atoms with Gasteiger partial charge in [0.2, 0.25) is 11.8 Å². The molecule has 7 atom stereocenters. The maximum atomic E-state index is 13.6. The predicted molar refractivity (Wildman–Crippen MR) is 123 cm³/mol. The first kappa shape index (κ1) is 21.0. The number of ketones is 1. The van der Waals surface area contributed by atoms with Crippen LogP contribution in [0.4, 0.5) is 0 Å². The lowest BCUT2D eigenvalue weighted by Gasteiger charge is -2.37. The van der Waals surface area contributed by atoms with Gasteiger partial charge < -0.3 is 4.74 Å². The molecule has 0 unspecified atom stereocenters. The zero-order chi connectivity index (χ0) is 23.6. The number of Topliss-reactive ketones (excluding diaryl/α,β-unsaturated/α-hetero) is 1. The van der Waals surface area contributed by atoms with Gasteiger partial charge in [-0.2, -0.15) is 0 Å². The molecule has 4 aliphatic carbocycles.